The number of rotatable bonds is 6. The van der Waals surface area contributed by atoms with E-state index in [4.69, 9.17) is 4.42 Å². The van der Waals surface area contributed by atoms with Gasteiger partial charge in [0.1, 0.15) is 5.69 Å². The molecule has 1 amide bonds. The van der Waals surface area contributed by atoms with Crippen molar-refractivity contribution >= 4 is 5.91 Å². The molecule has 1 aliphatic rings. The minimum Gasteiger partial charge on any atom is -0.463 e. The molecule has 0 spiro atoms. The van der Waals surface area contributed by atoms with Crippen molar-refractivity contribution in [3.8, 4) is 11.5 Å². The Morgan fingerprint density at radius 3 is 2.61 bits per heavy atom. The summed E-state index contributed by atoms with van der Waals surface area (Å²) in [5.74, 6) is 1.52. The lowest BCUT2D eigenvalue weighted by atomic mass is 9.96. The maximum absolute atomic E-state index is 12.5. The summed E-state index contributed by atoms with van der Waals surface area (Å²) < 4.78 is 5.42. The molecule has 0 unspecified atom stereocenters. The van der Waals surface area contributed by atoms with E-state index in [-0.39, 0.29) is 5.91 Å². The number of benzene rings is 1. The van der Waals surface area contributed by atoms with E-state index in [9.17, 15) is 4.79 Å². The normalized spacial score (nSPS) is 14.9. The first-order valence-electron chi connectivity index (χ1n) is 9.84. The summed E-state index contributed by atoms with van der Waals surface area (Å²) in [5, 5.41) is 3.52. The summed E-state index contributed by atoms with van der Waals surface area (Å²) in [6.07, 6.45) is 3.73. The molecule has 0 bridgehead atoms. The number of nitrogens with zero attached hydrogens (tertiary/aromatic N) is 2. The summed E-state index contributed by atoms with van der Waals surface area (Å²) in [7, 11) is 0. The first kappa shape index (κ1) is 18.4. The number of hydrogen-bond donors (Lipinski definition) is 1. The molecule has 0 aliphatic carbocycles. The number of nitrogens with one attached hydrogen (secondary N) is 1. The highest BCUT2D eigenvalue weighted by atomic mass is 16.3. The third kappa shape index (κ3) is 4.49. The van der Waals surface area contributed by atoms with Gasteiger partial charge in [0.15, 0.2) is 5.76 Å². The quantitative estimate of drug-likeness (QED) is 0.708. The van der Waals surface area contributed by atoms with E-state index in [1.54, 1.807) is 6.26 Å². The van der Waals surface area contributed by atoms with E-state index in [0.29, 0.717) is 5.92 Å². The third-order valence-electron chi connectivity index (χ3n) is 5.24. The molecule has 0 atom stereocenters. The number of pyridine rings is 1. The molecule has 3 aromatic rings. The standard InChI is InChI=1S/C23H25N3O2/c27-23(19-6-2-1-3-7-19)26-13-11-18(12-14-26)16-24-17-20-8-4-9-21(25-20)22-10-5-15-28-22/h1-10,15,18,24H,11-14,16-17H2. The van der Waals surface area contributed by atoms with Gasteiger partial charge in [-0.3, -0.25) is 4.79 Å². The van der Waals surface area contributed by atoms with Crippen molar-refractivity contribution < 1.29 is 9.21 Å². The Labute approximate surface area is 165 Å². The van der Waals surface area contributed by atoms with Gasteiger partial charge < -0.3 is 14.6 Å². The number of hydrogen-bond acceptors (Lipinski definition) is 4. The van der Waals surface area contributed by atoms with Crippen molar-refractivity contribution in [2.75, 3.05) is 19.6 Å². The second-order valence-corrected chi connectivity index (χ2v) is 7.22. The van der Waals surface area contributed by atoms with Gasteiger partial charge in [0.05, 0.1) is 12.0 Å². The zero-order chi connectivity index (χ0) is 19.2. The second kappa shape index (κ2) is 8.85. The molecule has 1 aliphatic heterocycles. The van der Waals surface area contributed by atoms with E-state index >= 15 is 0 Å². The maximum Gasteiger partial charge on any atom is 0.253 e. The zero-order valence-electron chi connectivity index (χ0n) is 15.9. The van der Waals surface area contributed by atoms with Crippen LogP contribution in [0.5, 0.6) is 0 Å². The lowest BCUT2D eigenvalue weighted by molar-refractivity contribution is 0.0690. The fourth-order valence-electron chi connectivity index (χ4n) is 3.65. The van der Waals surface area contributed by atoms with Crippen LogP contribution in [-0.2, 0) is 6.54 Å². The first-order chi connectivity index (χ1) is 13.8. The minimum absolute atomic E-state index is 0.144. The van der Waals surface area contributed by atoms with Gasteiger partial charge in [-0.2, -0.15) is 0 Å². The Balaban J connectivity index is 1.23. The Kier molecular flexibility index (Phi) is 5.83. The Morgan fingerprint density at radius 2 is 1.86 bits per heavy atom. The maximum atomic E-state index is 12.5. The number of aromatic nitrogens is 1. The monoisotopic (exact) mass is 375 g/mol. The van der Waals surface area contributed by atoms with Gasteiger partial charge in [-0.05, 0) is 61.7 Å². The van der Waals surface area contributed by atoms with Crippen molar-refractivity contribution in [3.05, 3.63) is 78.2 Å². The molecule has 144 valence electrons. The Bertz CT molecular complexity index is 885. The molecule has 28 heavy (non-hydrogen) atoms. The fraction of sp³-hybridized carbons (Fsp3) is 0.304. The van der Waals surface area contributed by atoms with Gasteiger partial charge in [0, 0.05) is 25.2 Å². The molecule has 2 aromatic heterocycles. The van der Waals surface area contributed by atoms with Crippen molar-refractivity contribution in [1.82, 2.24) is 15.2 Å². The molecule has 4 rings (SSSR count). The smallest absolute Gasteiger partial charge is 0.253 e. The van der Waals surface area contributed by atoms with E-state index < -0.39 is 0 Å². The summed E-state index contributed by atoms with van der Waals surface area (Å²) in [4.78, 5) is 19.2. The number of likely N-dealkylation sites (tertiary alicyclic amines) is 1. The van der Waals surface area contributed by atoms with Gasteiger partial charge in [0.25, 0.3) is 5.91 Å². The molecule has 0 saturated carbocycles. The molecular weight excluding hydrogens is 350 g/mol. The van der Waals surface area contributed by atoms with Crippen LogP contribution in [0.15, 0.2) is 71.3 Å². The number of piperidine rings is 1. The largest absolute Gasteiger partial charge is 0.463 e. The van der Waals surface area contributed by atoms with Crippen molar-refractivity contribution in [1.29, 1.82) is 0 Å². The highest BCUT2D eigenvalue weighted by Crippen LogP contribution is 2.19. The lowest BCUT2D eigenvalue weighted by Gasteiger charge is -2.32. The van der Waals surface area contributed by atoms with Gasteiger partial charge in [-0.25, -0.2) is 4.98 Å². The summed E-state index contributed by atoms with van der Waals surface area (Å²) >= 11 is 0. The highest BCUT2D eigenvalue weighted by Gasteiger charge is 2.23. The summed E-state index contributed by atoms with van der Waals surface area (Å²) in [6.45, 7) is 3.33. The summed E-state index contributed by atoms with van der Waals surface area (Å²) in [5.41, 5.74) is 2.64. The van der Waals surface area contributed by atoms with Crippen LogP contribution < -0.4 is 5.32 Å². The topological polar surface area (TPSA) is 58.4 Å². The number of furan rings is 1. The lowest BCUT2D eigenvalue weighted by Crippen LogP contribution is -2.40. The number of carbonyl (C=O) groups excluding carboxylic acids is 1. The van der Waals surface area contributed by atoms with Crippen LogP contribution in [0, 0.1) is 5.92 Å². The van der Waals surface area contributed by atoms with E-state index in [0.717, 1.165) is 61.7 Å². The Morgan fingerprint density at radius 1 is 1.04 bits per heavy atom. The molecule has 1 aromatic carbocycles. The van der Waals surface area contributed by atoms with Crippen LogP contribution in [-0.4, -0.2) is 35.4 Å². The molecule has 5 nitrogen and oxygen atoms in total. The average Bonchev–Trinajstić information content (AvgIpc) is 3.30. The van der Waals surface area contributed by atoms with Crippen LogP contribution >= 0.6 is 0 Å². The summed E-state index contributed by atoms with van der Waals surface area (Å²) in [6, 6.07) is 19.3. The molecule has 5 heteroatoms. The Hall–Kier alpha value is -2.92. The SMILES string of the molecule is O=C(c1ccccc1)N1CCC(CNCc2cccc(-c3ccco3)n2)CC1. The first-order valence-corrected chi connectivity index (χ1v) is 9.84. The third-order valence-corrected chi connectivity index (χ3v) is 5.24. The number of carbonyl (C=O) groups is 1. The highest BCUT2D eigenvalue weighted by molar-refractivity contribution is 5.94. The average molecular weight is 375 g/mol. The van der Waals surface area contributed by atoms with Crippen LogP contribution in [0.3, 0.4) is 0 Å². The van der Waals surface area contributed by atoms with Gasteiger partial charge in [-0.15, -0.1) is 0 Å². The van der Waals surface area contributed by atoms with Gasteiger partial charge in [0.2, 0.25) is 0 Å². The van der Waals surface area contributed by atoms with E-state index in [1.165, 1.54) is 0 Å². The molecule has 1 saturated heterocycles. The van der Waals surface area contributed by atoms with Crippen LogP contribution in [0.25, 0.3) is 11.5 Å². The minimum atomic E-state index is 0.144. The van der Waals surface area contributed by atoms with Gasteiger partial charge in [-0.1, -0.05) is 24.3 Å². The van der Waals surface area contributed by atoms with Crippen LogP contribution in [0.4, 0.5) is 0 Å². The second-order valence-electron chi connectivity index (χ2n) is 7.22. The zero-order valence-corrected chi connectivity index (χ0v) is 15.9. The van der Waals surface area contributed by atoms with Crippen molar-refractivity contribution in [3.63, 3.8) is 0 Å². The van der Waals surface area contributed by atoms with Crippen LogP contribution in [0.1, 0.15) is 28.9 Å². The predicted octanol–water partition coefficient (Wildman–Crippen LogP) is 3.98. The van der Waals surface area contributed by atoms with Crippen LogP contribution in [0.2, 0.25) is 0 Å². The molecule has 1 fully saturated rings. The van der Waals surface area contributed by atoms with E-state index in [2.05, 4.69) is 10.3 Å². The molecule has 1 N–H and O–H groups in total. The van der Waals surface area contributed by atoms with Crippen molar-refractivity contribution in [2.45, 2.75) is 19.4 Å². The van der Waals surface area contributed by atoms with Crippen molar-refractivity contribution in [2.24, 2.45) is 5.92 Å². The predicted molar refractivity (Wildman–Crippen MR) is 109 cm³/mol. The van der Waals surface area contributed by atoms with E-state index in [1.807, 2.05) is 65.6 Å². The molecule has 0 radical (unpaired) electrons. The molecule has 3 heterocycles. The number of amides is 1. The fourth-order valence-corrected chi connectivity index (χ4v) is 3.65. The molecular formula is C23H25N3O2. The van der Waals surface area contributed by atoms with Gasteiger partial charge >= 0.3 is 0 Å².